The van der Waals surface area contributed by atoms with Crippen LogP contribution in [-0.4, -0.2) is 16.2 Å². The quantitative estimate of drug-likeness (QED) is 0.450. The van der Waals surface area contributed by atoms with E-state index in [4.69, 9.17) is 21.6 Å². The molecule has 1 aliphatic rings. The van der Waals surface area contributed by atoms with E-state index in [1.165, 1.54) is 35.1 Å². The molecule has 3 aromatic rings. The minimum atomic E-state index is 0.766. The number of hydrogen-bond acceptors (Lipinski definition) is 5. The minimum absolute atomic E-state index is 0.766. The molecule has 2 heterocycles. The topological polar surface area (TPSA) is 37.8 Å². The first kappa shape index (κ1) is 16.2. The smallest absolute Gasteiger partial charge is 0.190 e. The van der Waals surface area contributed by atoms with Crippen LogP contribution in [0.25, 0.3) is 10.2 Å². The highest BCUT2D eigenvalue weighted by molar-refractivity contribution is 7.98. The van der Waals surface area contributed by atoms with Crippen LogP contribution in [0.3, 0.4) is 0 Å². The highest BCUT2D eigenvalue weighted by atomic mass is 35.5. The van der Waals surface area contributed by atoms with Gasteiger partial charge in [-0.25, -0.2) is 9.97 Å². The Kier molecular flexibility index (Phi) is 4.41. The van der Waals surface area contributed by atoms with Crippen LogP contribution in [0.15, 0.2) is 23.4 Å². The van der Waals surface area contributed by atoms with E-state index in [-0.39, 0.29) is 0 Å². The van der Waals surface area contributed by atoms with E-state index in [0.717, 1.165) is 38.5 Å². The summed E-state index contributed by atoms with van der Waals surface area (Å²) in [4.78, 5) is 12.1. The summed E-state index contributed by atoms with van der Waals surface area (Å²) < 4.78 is 0. The van der Waals surface area contributed by atoms with Crippen molar-refractivity contribution in [3.8, 4) is 0 Å². The SMILES string of the molecule is CSc1nc(Nc2cccc(Cl)c2C)c2c3c(sc2n1)CCCC3. The molecule has 0 fully saturated rings. The third-order valence-electron chi connectivity index (χ3n) is 4.50. The molecule has 6 heteroatoms. The van der Waals surface area contributed by atoms with Crippen LogP contribution in [0.5, 0.6) is 0 Å². The van der Waals surface area contributed by atoms with Gasteiger partial charge in [0.1, 0.15) is 10.6 Å². The maximum absolute atomic E-state index is 6.28. The second kappa shape index (κ2) is 6.54. The monoisotopic (exact) mass is 375 g/mol. The van der Waals surface area contributed by atoms with Crippen LogP contribution in [0, 0.1) is 6.92 Å². The number of nitrogens with one attached hydrogen (secondary N) is 1. The molecule has 0 spiro atoms. The fourth-order valence-electron chi connectivity index (χ4n) is 3.19. The molecule has 0 aliphatic heterocycles. The van der Waals surface area contributed by atoms with Gasteiger partial charge in [0.25, 0.3) is 0 Å². The Morgan fingerprint density at radius 2 is 2.04 bits per heavy atom. The zero-order valence-electron chi connectivity index (χ0n) is 13.6. The summed E-state index contributed by atoms with van der Waals surface area (Å²) in [7, 11) is 0. The first-order valence-electron chi connectivity index (χ1n) is 8.06. The maximum atomic E-state index is 6.28. The third-order valence-corrected chi connectivity index (χ3v) is 6.64. The second-order valence-electron chi connectivity index (χ2n) is 5.99. The number of fused-ring (bicyclic) bond motifs is 3. The van der Waals surface area contributed by atoms with Gasteiger partial charge in [0, 0.05) is 15.6 Å². The first-order valence-corrected chi connectivity index (χ1v) is 10.5. The predicted molar refractivity (Wildman–Crippen MR) is 105 cm³/mol. The highest BCUT2D eigenvalue weighted by Crippen LogP contribution is 2.40. The fourth-order valence-corrected chi connectivity index (χ4v) is 5.05. The Labute approximate surface area is 154 Å². The summed E-state index contributed by atoms with van der Waals surface area (Å²) in [5.74, 6) is 0.911. The lowest BCUT2D eigenvalue weighted by Gasteiger charge is -2.14. The molecule has 124 valence electrons. The van der Waals surface area contributed by atoms with Crippen LogP contribution >= 0.6 is 34.7 Å². The van der Waals surface area contributed by atoms with E-state index in [0.29, 0.717) is 0 Å². The van der Waals surface area contributed by atoms with Gasteiger partial charge >= 0.3 is 0 Å². The van der Waals surface area contributed by atoms with Crippen molar-refractivity contribution in [2.75, 3.05) is 11.6 Å². The van der Waals surface area contributed by atoms with Crippen molar-refractivity contribution in [2.45, 2.75) is 37.8 Å². The molecule has 0 radical (unpaired) electrons. The summed E-state index contributed by atoms with van der Waals surface area (Å²) in [6.07, 6.45) is 6.84. The first-order chi connectivity index (χ1) is 11.7. The number of thiophene rings is 1. The van der Waals surface area contributed by atoms with Crippen LogP contribution in [0.4, 0.5) is 11.5 Å². The molecule has 0 atom stereocenters. The molecular formula is C18H18ClN3S2. The fraction of sp³-hybridized carbons (Fsp3) is 0.333. The number of nitrogens with zero attached hydrogens (tertiary/aromatic N) is 2. The summed E-state index contributed by atoms with van der Waals surface area (Å²) >= 11 is 9.69. The highest BCUT2D eigenvalue weighted by Gasteiger charge is 2.21. The van der Waals surface area contributed by atoms with Crippen LogP contribution < -0.4 is 5.32 Å². The molecule has 1 aliphatic carbocycles. The van der Waals surface area contributed by atoms with Gasteiger partial charge in [-0.3, -0.25) is 0 Å². The van der Waals surface area contributed by atoms with Crippen molar-refractivity contribution in [1.29, 1.82) is 0 Å². The number of anilines is 2. The van der Waals surface area contributed by atoms with Gasteiger partial charge in [-0.1, -0.05) is 29.4 Å². The second-order valence-corrected chi connectivity index (χ2v) is 8.25. The van der Waals surface area contributed by atoms with Crippen molar-refractivity contribution in [3.05, 3.63) is 39.2 Å². The summed E-state index contributed by atoms with van der Waals surface area (Å²) in [5.41, 5.74) is 3.49. The van der Waals surface area contributed by atoms with Gasteiger partial charge < -0.3 is 5.32 Å². The van der Waals surface area contributed by atoms with Crippen LogP contribution in [-0.2, 0) is 12.8 Å². The number of hydrogen-bond donors (Lipinski definition) is 1. The van der Waals surface area contributed by atoms with Gasteiger partial charge in [-0.15, -0.1) is 11.3 Å². The van der Waals surface area contributed by atoms with Gasteiger partial charge in [0.05, 0.1) is 5.39 Å². The minimum Gasteiger partial charge on any atom is -0.339 e. The zero-order chi connectivity index (χ0) is 16.7. The van der Waals surface area contributed by atoms with Crippen molar-refractivity contribution >= 4 is 56.4 Å². The average Bonchev–Trinajstić information content (AvgIpc) is 2.97. The molecule has 0 bridgehead atoms. The number of thioether (sulfide) groups is 1. The maximum Gasteiger partial charge on any atom is 0.190 e. The molecule has 0 saturated carbocycles. The number of benzene rings is 1. The van der Waals surface area contributed by atoms with Gasteiger partial charge in [-0.2, -0.15) is 0 Å². The van der Waals surface area contributed by atoms with Crippen LogP contribution in [0.1, 0.15) is 28.8 Å². The van der Waals surface area contributed by atoms with Crippen molar-refractivity contribution < 1.29 is 0 Å². The predicted octanol–water partition coefficient (Wildman–Crippen LogP) is 6.00. The zero-order valence-corrected chi connectivity index (χ0v) is 16.0. The standard InChI is InChI=1S/C18H18ClN3S2/c1-10-12(19)7-5-8-13(10)20-16-15-11-6-3-4-9-14(11)24-17(15)22-18(21-16)23-2/h5,7-8H,3-4,6,9H2,1-2H3,(H,20,21,22). The lowest BCUT2D eigenvalue weighted by atomic mass is 9.97. The largest absolute Gasteiger partial charge is 0.339 e. The normalized spacial score (nSPS) is 14.0. The van der Waals surface area contributed by atoms with E-state index in [9.17, 15) is 0 Å². The Hall–Kier alpha value is -1.30. The molecular weight excluding hydrogens is 358 g/mol. The summed E-state index contributed by atoms with van der Waals surface area (Å²) in [5, 5.41) is 6.30. The molecule has 1 N–H and O–H groups in total. The van der Waals surface area contributed by atoms with E-state index < -0.39 is 0 Å². The number of aromatic nitrogens is 2. The lowest BCUT2D eigenvalue weighted by Crippen LogP contribution is -2.02. The van der Waals surface area contributed by atoms with E-state index in [1.807, 2.05) is 42.7 Å². The van der Waals surface area contributed by atoms with Crippen molar-refractivity contribution in [3.63, 3.8) is 0 Å². The van der Waals surface area contributed by atoms with Gasteiger partial charge in [-0.05, 0) is 62.1 Å². The Morgan fingerprint density at radius 3 is 2.88 bits per heavy atom. The molecule has 0 saturated heterocycles. The van der Waals surface area contributed by atoms with E-state index >= 15 is 0 Å². The molecule has 24 heavy (non-hydrogen) atoms. The Bertz CT molecular complexity index is 920. The molecule has 0 amide bonds. The third kappa shape index (κ3) is 2.79. The number of aryl methyl sites for hydroxylation is 2. The molecule has 0 unspecified atom stereocenters. The molecule has 1 aromatic carbocycles. The molecule has 2 aromatic heterocycles. The van der Waals surface area contributed by atoms with Crippen molar-refractivity contribution in [1.82, 2.24) is 9.97 Å². The molecule has 4 rings (SSSR count). The number of rotatable bonds is 3. The van der Waals surface area contributed by atoms with E-state index in [1.54, 1.807) is 11.8 Å². The Morgan fingerprint density at radius 1 is 1.21 bits per heavy atom. The van der Waals surface area contributed by atoms with Gasteiger partial charge in [0.2, 0.25) is 0 Å². The van der Waals surface area contributed by atoms with Gasteiger partial charge in [0.15, 0.2) is 5.16 Å². The lowest BCUT2D eigenvalue weighted by molar-refractivity contribution is 0.700. The summed E-state index contributed by atoms with van der Waals surface area (Å²) in [6, 6.07) is 5.93. The van der Waals surface area contributed by atoms with Crippen molar-refractivity contribution in [2.24, 2.45) is 0 Å². The Balaban J connectivity index is 1.89. The number of halogens is 1. The van der Waals surface area contributed by atoms with E-state index in [2.05, 4.69) is 5.32 Å². The van der Waals surface area contributed by atoms with Crippen LogP contribution in [0.2, 0.25) is 5.02 Å². The molecule has 3 nitrogen and oxygen atoms in total. The summed E-state index contributed by atoms with van der Waals surface area (Å²) in [6.45, 7) is 2.03. The average molecular weight is 376 g/mol.